The Bertz CT molecular complexity index is 378. The number of rotatable bonds is 4. The number of nitrogens with zero attached hydrogens (tertiary/aromatic N) is 1. The molecule has 80 valence electrons. The van der Waals surface area contributed by atoms with Gasteiger partial charge >= 0.3 is 5.97 Å². The van der Waals surface area contributed by atoms with E-state index in [1.54, 1.807) is 13.0 Å². The lowest BCUT2D eigenvalue weighted by atomic mass is 10.2. The molecule has 0 fully saturated rings. The van der Waals surface area contributed by atoms with Gasteiger partial charge in [0.15, 0.2) is 6.61 Å². The van der Waals surface area contributed by atoms with Crippen LogP contribution in [0.2, 0.25) is 0 Å². The Morgan fingerprint density at radius 3 is 2.93 bits per heavy atom. The molecule has 0 atom stereocenters. The number of carbonyl (C=O) groups excluding carboxylic acids is 1. The SMILES string of the molecule is Cc1cc(C(=O)NOCC(=O)O)ccn1. The molecule has 0 bridgehead atoms. The van der Waals surface area contributed by atoms with E-state index in [4.69, 9.17) is 5.11 Å². The van der Waals surface area contributed by atoms with Crippen LogP contribution in [0.4, 0.5) is 0 Å². The molecule has 1 rings (SSSR count). The maximum atomic E-state index is 11.3. The Labute approximate surface area is 85.8 Å². The van der Waals surface area contributed by atoms with Crippen LogP contribution in [0, 0.1) is 6.92 Å². The van der Waals surface area contributed by atoms with Crippen molar-refractivity contribution >= 4 is 11.9 Å². The van der Waals surface area contributed by atoms with E-state index in [1.807, 2.05) is 5.48 Å². The number of hydroxylamine groups is 1. The molecule has 0 aliphatic carbocycles. The molecule has 1 aromatic heterocycles. The molecule has 0 saturated heterocycles. The highest BCUT2D eigenvalue weighted by Crippen LogP contribution is 1.99. The van der Waals surface area contributed by atoms with Gasteiger partial charge in [0.05, 0.1) is 0 Å². The highest BCUT2D eigenvalue weighted by Gasteiger charge is 2.06. The summed E-state index contributed by atoms with van der Waals surface area (Å²) in [4.78, 5) is 29.8. The average Bonchev–Trinajstić information content (AvgIpc) is 2.17. The van der Waals surface area contributed by atoms with Gasteiger partial charge in [-0.25, -0.2) is 10.3 Å². The summed E-state index contributed by atoms with van der Waals surface area (Å²) < 4.78 is 0. The summed E-state index contributed by atoms with van der Waals surface area (Å²) in [5.41, 5.74) is 3.07. The minimum atomic E-state index is -1.15. The zero-order valence-electron chi connectivity index (χ0n) is 8.06. The van der Waals surface area contributed by atoms with Gasteiger partial charge in [-0.1, -0.05) is 0 Å². The number of pyridine rings is 1. The van der Waals surface area contributed by atoms with Crippen LogP contribution in [-0.2, 0) is 9.63 Å². The lowest BCUT2D eigenvalue weighted by Crippen LogP contribution is -2.26. The second-order valence-corrected chi connectivity index (χ2v) is 2.80. The molecule has 1 aromatic rings. The number of nitrogens with one attached hydrogen (secondary N) is 1. The summed E-state index contributed by atoms with van der Waals surface area (Å²) >= 11 is 0. The third kappa shape index (κ3) is 3.74. The molecular formula is C9H10N2O4. The van der Waals surface area contributed by atoms with Crippen molar-refractivity contribution in [3.63, 3.8) is 0 Å². The molecule has 1 heterocycles. The Hall–Kier alpha value is -1.95. The zero-order valence-corrected chi connectivity index (χ0v) is 8.06. The van der Waals surface area contributed by atoms with E-state index in [2.05, 4.69) is 9.82 Å². The maximum Gasteiger partial charge on any atom is 0.332 e. The van der Waals surface area contributed by atoms with Gasteiger partial charge < -0.3 is 5.11 Å². The first-order valence-corrected chi connectivity index (χ1v) is 4.16. The second kappa shape index (κ2) is 5.06. The summed E-state index contributed by atoms with van der Waals surface area (Å²) in [6, 6.07) is 3.08. The number of aromatic nitrogens is 1. The summed E-state index contributed by atoms with van der Waals surface area (Å²) in [6.45, 7) is 1.17. The highest BCUT2D eigenvalue weighted by molar-refractivity contribution is 5.93. The van der Waals surface area contributed by atoms with Gasteiger partial charge in [-0.05, 0) is 19.1 Å². The van der Waals surface area contributed by atoms with E-state index in [1.165, 1.54) is 12.3 Å². The predicted molar refractivity (Wildman–Crippen MR) is 50.0 cm³/mol. The molecule has 0 saturated carbocycles. The average molecular weight is 210 g/mol. The molecule has 0 unspecified atom stereocenters. The predicted octanol–water partition coefficient (Wildman–Crippen LogP) is 0.136. The Morgan fingerprint density at radius 2 is 2.33 bits per heavy atom. The van der Waals surface area contributed by atoms with Crippen LogP contribution < -0.4 is 5.48 Å². The number of hydrogen-bond donors (Lipinski definition) is 2. The van der Waals surface area contributed by atoms with Crippen molar-refractivity contribution in [3.05, 3.63) is 29.6 Å². The monoisotopic (exact) mass is 210 g/mol. The van der Waals surface area contributed by atoms with E-state index < -0.39 is 18.5 Å². The quantitative estimate of drug-likeness (QED) is 0.690. The maximum absolute atomic E-state index is 11.3. The molecule has 0 radical (unpaired) electrons. The first-order valence-electron chi connectivity index (χ1n) is 4.16. The van der Waals surface area contributed by atoms with E-state index >= 15 is 0 Å². The summed E-state index contributed by atoms with van der Waals surface area (Å²) in [7, 11) is 0. The van der Waals surface area contributed by atoms with Crippen LogP contribution in [0.15, 0.2) is 18.3 Å². The molecule has 6 heteroatoms. The van der Waals surface area contributed by atoms with Gasteiger partial charge in [0.25, 0.3) is 5.91 Å². The molecule has 15 heavy (non-hydrogen) atoms. The van der Waals surface area contributed by atoms with Gasteiger partial charge in [0.2, 0.25) is 0 Å². The number of carbonyl (C=O) groups is 2. The standard InChI is InChI=1S/C9H10N2O4/c1-6-4-7(2-3-10-6)9(14)11-15-5-8(12)13/h2-4H,5H2,1H3,(H,11,14)(H,12,13). The van der Waals surface area contributed by atoms with Crippen LogP contribution >= 0.6 is 0 Å². The van der Waals surface area contributed by atoms with Crippen LogP contribution in [0.5, 0.6) is 0 Å². The third-order valence-electron chi connectivity index (χ3n) is 1.52. The molecule has 2 N–H and O–H groups in total. The number of hydrogen-bond acceptors (Lipinski definition) is 4. The number of aliphatic carboxylic acids is 1. The van der Waals surface area contributed by atoms with E-state index in [0.29, 0.717) is 11.3 Å². The van der Waals surface area contributed by atoms with Crippen LogP contribution in [0.1, 0.15) is 16.1 Å². The first-order chi connectivity index (χ1) is 7.09. The fourth-order valence-corrected chi connectivity index (χ4v) is 0.909. The summed E-state index contributed by atoms with van der Waals surface area (Å²) in [6.07, 6.45) is 1.49. The Kier molecular flexibility index (Phi) is 3.75. The van der Waals surface area contributed by atoms with Crippen molar-refractivity contribution in [2.45, 2.75) is 6.92 Å². The second-order valence-electron chi connectivity index (χ2n) is 2.80. The fraction of sp³-hybridized carbons (Fsp3) is 0.222. The first kappa shape index (κ1) is 11.1. The van der Waals surface area contributed by atoms with Crippen molar-refractivity contribution < 1.29 is 19.5 Å². The molecule has 6 nitrogen and oxygen atoms in total. The van der Waals surface area contributed by atoms with Crippen molar-refractivity contribution in [2.24, 2.45) is 0 Å². The highest BCUT2D eigenvalue weighted by atomic mass is 16.7. The van der Waals surface area contributed by atoms with Crippen LogP contribution in [-0.4, -0.2) is 28.6 Å². The molecular weight excluding hydrogens is 200 g/mol. The van der Waals surface area contributed by atoms with Gasteiger partial charge in [0, 0.05) is 17.5 Å². The number of carboxylic acids is 1. The minimum Gasteiger partial charge on any atom is -0.479 e. The topological polar surface area (TPSA) is 88.5 Å². The lowest BCUT2D eigenvalue weighted by Gasteiger charge is -2.03. The molecule has 0 aromatic carbocycles. The van der Waals surface area contributed by atoms with Crippen LogP contribution in [0.3, 0.4) is 0 Å². The normalized spacial score (nSPS) is 9.67. The molecule has 0 spiro atoms. The van der Waals surface area contributed by atoms with Crippen molar-refractivity contribution in [2.75, 3.05) is 6.61 Å². The zero-order chi connectivity index (χ0) is 11.3. The smallest absolute Gasteiger partial charge is 0.332 e. The summed E-state index contributed by atoms with van der Waals surface area (Å²) in [5, 5.41) is 8.25. The van der Waals surface area contributed by atoms with Crippen molar-refractivity contribution in [1.82, 2.24) is 10.5 Å². The molecule has 0 aliphatic rings. The van der Waals surface area contributed by atoms with Crippen LogP contribution in [0.25, 0.3) is 0 Å². The number of aryl methyl sites for hydroxylation is 1. The Balaban J connectivity index is 2.50. The van der Waals surface area contributed by atoms with E-state index in [9.17, 15) is 9.59 Å². The third-order valence-corrected chi connectivity index (χ3v) is 1.52. The number of amides is 1. The molecule has 0 aliphatic heterocycles. The van der Waals surface area contributed by atoms with E-state index in [-0.39, 0.29) is 0 Å². The van der Waals surface area contributed by atoms with Gasteiger partial charge in [-0.3, -0.25) is 14.6 Å². The minimum absolute atomic E-state index is 0.368. The van der Waals surface area contributed by atoms with Gasteiger partial charge in [-0.2, -0.15) is 0 Å². The van der Waals surface area contributed by atoms with Crippen molar-refractivity contribution in [3.8, 4) is 0 Å². The van der Waals surface area contributed by atoms with Gasteiger partial charge in [-0.15, -0.1) is 0 Å². The number of carboxylic acid groups (broad SMARTS) is 1. The Morgan fingerprint density at radius 1 is 1.60 bits per heavy atom. The lowest BCUT2D eigenvalue weighted by molar-refractivity contribution is -0.144. The largest absolute Gasteiger partial charge is 0.479 e. The van der Waals surface area contributed by atoms with Crippen molar-refractivity contribution in [1.29, 1.82) is 0 Å². The van der Waals surface area contributed by atoms with E-state index in [0.717, 1.165) is 0 Å². The van der Waals surface area contributed by atoms with Gasteiger partial charge in [0.1, 0.15) is 0 Å². The molecule has 1 amide bonds. The summed E-state index contributed by atoms with van der Waals surface area (Å²) in [5.74, 6) is -1.65. The fourth-order valence-electron chi connectivity index (χ4n) is 0.909.